The van der Waals surface area contributed by atoms with Crippen LogP contribution in [0, 0.1) is 18.8 Å². The fraction of sp³-hybridized carbons (Fsp3) is 0.379. The molecule has 0 radical (unpaired) electrons. The maximum Gasteiger partial charge on any atom is 0.229 e. The van der Waals surface area contributed by atoms with Gasteiger partial charge in [-0.2, -0.15) is 4.98 Å². The third-order valence-corrected chi connectivity index (χ3v) is 10.0. The molecular formula is C29H34BrN8O2P. The van der Waals surface area contributed by atoms with Crippen molar-refractivity contribution < 1.29 is 9.30 Å². The lowest BCUT2D eigenvalue weighted by Gasteiger charge is -2.25. The predicted octanol–water partition coefficient (Wildman–Crippen LogP) is 5.23. The Balaban J connectivity index is 1.28. The number of nitrogens with zero attached hydrogens (tertiary/aromatic N) is 6. The van der Waals surface area contributed by atoms with Crippen LogP contribution in [0.2, 0.25) is 0 Å². The highest BCUT2D eigenvalue weighted by Crippen LogP contribution is 2.42. The molecule has 10 nitrogen and oxygen atoms in total. The molecule has 12 heteroatoms. The Morgan fingerprint density at radius 3 is 2.44 bits per heavy atom. The number of nitrogens with one attached hydrogen (secondary N) is 2. The van der Waals surface area contributed by atoms with E-state index in [0.29, 0.717) is 38.3 Å². The summed E-state index contributed by atoms with van der Waals surface area (Å²) >= 11 is 3.56. The lowest BCUT2D eigenvalue weighted by atomic mass is 10.0. The number of anilines is 5. The Bertz CT molecular complexity index is 1660. The van der Waals surface area contributed by atoms with Gasteiger partial charge in [0.25, 0.3) is 0 Å². The third kappa shape index (κ3) is 5.50. The molecule has 2 atom stereocenters. The van der Waals surface area contributed by atoms with Gasteiger partial charge in [0.05, 0.1) is 33.8 Å². The number of hydrogen-bond donors (Lipinski definition) is 2. The maximum absolute atomic E-state index is 13.3. The third-order valence-electron chi connectivity index (χ3n) is 7.92. The molecule has 0 unspecified atom stereocenters. The summed E-state index contributed by atoms with van der Waals surface area (Å²) in [7, 11) is 1.17. The van der Waals surface area contributed by atoms with Gasteiger partial charge in [-0.3, -0.25) is 9.97 Å². The highest BCUT2D eigenvalue weighted by Gasteiger charge is 2.39. The number of ether oxygens (including phenoxy) is 1. The molecule has 2 aromatic carbocycles. The smallest absolute Gasteiger partial charge is 0.229 e. The second kappa shape index (κ2) is 10.9. The highest BCUT2D eigenvalue weighted by molar-refractivity contribution is 9.10. The van der Waals surface area contributed by atoms with Gasteiger partial charge in [-0.05, 0) is 78.8 Å². The van der Waals surface area contributed by atoms with Crippen LogP contribution in [-0.4, -0.2) is 78.5 Å². The summed E-state index contributed by atoms with van der Waals surface area (Å²) in [5.41, 5.74) is 5.13. The average molecular weight is 638 g/mol. The van der Waals surface area contributed by atoms with Crippen LogP contribution < -0.4 is 25.6 Å². The SMILES string of the molecule is COc1cc(N2C[C@H]3CN(C)C[C@H]3C2)c(C)cc1Nc1ncc(Br)c(Nc2ccc3nccnc3c2P(C)(C)=O)n1. The summed E-state index contributed by atoms with van der Waals surface area (Å²) in [5.74, 6) is 3.10. The van der Waals surface area contributed by atoms with Crippen molar-refractivity contribution in [3.8, 4) is 5.75 Å². The van der Waals surface area contributed by atoms with E-state index in [-0.39, 0.29) is 0 Å². The Kier molecular flexibility index (Phi) is 7.38. The number of rotatable bonds is 7. The van der Waals surface area contributed by atoms with Crippen LogP contribution in [0.3, 0.4) is 0 Å². The van der Waals surface area contributed by atoms with Gasteiger partial charge in [0.1, 0.15) is 24.2 Å². The first kappa shape index (κ1) is 27.9. The Morgan fingerprint density at radius 2 is 1.73 bits per heavy atom. The van der Waals surface area contributed by atoms with E-state index < -0.39 is 7.14 Å². The summed E-state index contributed by atoms with van der Waals surface area (Å²) in [6.07, 6.45) is 4.93. The fourth-order valence-corrected chi connectivity index (χ4v) is 7.82. The van der Waals surface area contributed by atoms with E-state index in [0.717, 1.165) is 49.5 Å². The lowest BCUT2D eigenvalue weighted by Crippen LogP contribution is -2.27. The lowest BCUT2D eigenvalue weighted by molar-refractivity contribution is 0.387. The zero-order valence-corrected chi connectivity index (χ0v) is 26.3. The van der Waals surface area contributed by atoms with Crippen LogP contribution in [0.5, 0.6) is 5.75 Å². The molecule has 2 aromatic heterocycles. The second-order valence-corrected chi connectivity index (χ2v) is 15.4. The fourth-order valence-electron chi connectivity index (χ4n) is 6.14. The molecule has 2 N–H and O–H groups in total. The molecule has 2 aliphatic heterocycles. The Morgan fingerprint density at radius 1 is 1.00 bits per heavy atom. The molecule has 2 aliphatic rings. The van der Waals surface area contributed by atoms with E-state index in [2.05, 4.69) is 77.4 Å². The van der Waals surface area contributed by atoms with E-state index in [1.54, 1.807) is 39.0 Å². The minimum absolute atomic E-state index is 0.401. The van der Waals surface area contributed by atoms with Crippen LogP contribution >= 0.6 is 23.1 Å². The normalized spacial score (nSPS) is 19.0. The molecule has 41 heavy (non-hydrogen) atoms. The molecule has 6 rings (SSSR count). The minimum Gasteiger partial charge on any atom is -0.494 e. The van der Waals surface area contributed by atoms with Crippen LogP contribution in [0.15, 0.2) is 47.3 Å². The molecule has 0 aliphatic carbocycles. The number of hydrogen-bond acceptors (Lipinski definition) is 10. The zero-order valence-electron chi connectivity index (χ0n) is 23.8. The monoisotopic (exact) mass is 636 g/mol. The number of aryl methyl sites for hydroxylation is 1. The van der Waals surface area contributed by atoms with Crippen molar-refractivity contribution in [1.82, 2.24) is 24.8 Å². The van der Waals surface area contributed by atoms with Crippen LogP contribution in [0.25, 0.3) is 11.0 Å². The largest absolute Gasteiger partial charge is 0.494 e. The van der Waals surface area contributed by atoms with Crippen molar-refractivity contribution in [2.45, 2.75) is 6.92 Å². The molecule has 2 fully saturated rings. The number of likely N-dealkylation sites (tertiary alicyclic amines) is 1. The van der Waals surface area contributed by atoms with Crippen molar-refractivity contribution in [2.24, 2.45) is 11.8 Å². The Hall–Kier alpha value is -3.27. The molecule has 0 spiro atoms. The quantitative estimate of drug-likeness (QED) is 0.262. The topological polar surface area (TPSA) is 108 Å². The zero-order chi connectivity index (χ0) is 28.9. The summed E-state index contributed by atoms with van der Waals surface area (Å²) in [4.78, 5) is 23.0. The second-order valence-electron chi connectivity index (χ2n) is 11.4. The van der Waals surface area contributed by atoms with E-state index in [4.69, 9.17) is 9.72 Å². The molecule has 214 valence electrons. The van der Waals surface area contributed by atoms with Gasteiger partial charge in [-0.25, -0.2) is 4.98 Å². The first-order chi connectivity index (χ1) is 19.6. The van der Waals surface area contributed by atoms with Crippen molar-refractivity contribution >= 4 is 68.2 Å². The van der Waals surface area contributed by atoms with Crippen LogP contribution in [0.1, 0.15) is 5.56 Å². The standard InChI is InChI=1S/C29H34BrN8O2P/c1-17-10-23(25(40-3)11-24(17)38-15-18-13-37(2)14-19(18)16-38)35-29-33-12-20(30)28(36-29)34-22-7-6-21-26(32-9-8-31-21)27(22)41(4,5)39/h6-12,18-19H,13-16H2,1-5H3,(H2,33,34,35,36)/t18-,19+. The summed E-state index contributed by atoms with van der Waals surface area (Å²) in [6.45, 7) is 10.1. The van der Waals surface area contributed by atoms with Gasteiger partial charge in [0.15, 0.2) is 0 Å². The van der Waals surface area contributed by atoms with Gasteiger partial charge in [-0.1, -0.05) is 0 Å². The first-order valence-corrected chi connectivity index (χ1v) is 17.0. The summed E-state index contributed by atoms with van der Waals surface area (Å²) in [5, 5.41) is 7.33. The number of halogens is 1. The number of benzene rings is 2. The van der Waals surface area contributed by atoms with Crippen molar-refractivity contribution in [3.05, 3.63) is 52.9 Å². The van der Waals surface area contributed by atoms with Crippen LogP contribution in [-0.2, 0) is 4.57 Å². The summed E-state index contributed by atoms with van der Waals surface area (Å²) < 4.78 is 19.8. The maximum atomic E-state index is 13.3. The molecule has 0 saturated carbocycles. The minimum atomic E-state index is -2.72. The average Bonchev–Trinajstić information content (AvgIpc) is 3.47. The van der Waals surface area contributed by atoms with E-state index in [1.807, 2.05) is 12.1 Å². The van der Waals surface area contributed by atoms with Gasteiger partial charge in [0, 0.05) is 56.5 Å². The van der Waals surface area contributed by atoms with Gasteiger partial charge < -0.3 is 29.7 Å². The summed E-state index contributed by atoms with van der Waals surface area (Å²) in [6, 6.07) is 7.93. The van der Waals surface area contributed by atoms with Crippen LogP contribution in [0.4, 0.5) is 28.8 Å². The predicted molar refractivity (Wildman–Crippen MR) is 169 cm³/mol. The Labute approximate surface area is 248 Å². The molecule has 0 bridgehead atoms. The van der Waals surface area contributed by atoms with E-state index in [9.17, 15) is 4.57 Å². The first-order valence-electron chi connectivity index (χ1n) is 13.6. The number of methoxy groups -OCH3 is 1. The van der Waals surface area contributed by atoms with Gasteiger partial charge in [0.2, 0.25) is 5.95 Å². The molecule has 2 saturated heterocycles. The van der Waals surface area contributed by atoms with Gasteiger partial charge >= 0.3 is 0 Å². The number of fused-ring (bicyclic) bond motifs is 2. The van der Waals surface area contributed by atoms with E-state index in [1.165, 1.54) is 11.3 Å². The van der Waals surface area contributed by atoms with Crippen molar-refractivity contribution in [3.63, 3.8) is 0 Å². The molecular weight excluding hydrogens is 603 g/mol. The molecule has 4 heterocycles. The molecule has 0 amide bonds. The number of aromatic nitrogens is 4. The van der Waals surface area contributed by atoms with Crippen molar-refractivity contribution in [2.75, 3.05) is 69.2 Å². The van der Waals surface area contributed by atoms with E-state index >= 15 is 0 Å². The van der Waals surface area contributed by atoms with Gasteiger partial charge in [-0.15, -0.1) is 0 Å². The molecule has 4 aromatic rings. The highest BCUT2D eigenvalue weighted by atomic mass is 79.9. The van der Waals surface area contributed by atoms with Crippen molar-refractivity contribution in [1.29, 1.82) is 0 Å².